The molecular weight excluding hydrogens is 316 g/mol. The fraction of sp³-hybridized carbons (Fsp3) is 0.600. The first kappa shape index (κ1) is 17.9. The molecule has 1 saturated heterocycles. The third-order valence-corrected chi connectivity index (χ3v) is 5.55. The molecule has 2 aliphatic rings. The van der Waals surface area contributed by atoms with Crippen molar-refractivity contribution < 1.29 is 14.7 Å². The number of anilines is 1. The SMILES string of the molecule is CC(O)C1CCN(C(=O)c2cccc(NC(=O)C3CCCCC3)c2)C1. The summed E-state index contributed by atoms with van der Waals surface area (Å²) in [7, 11) is 0. The van der Waals surface area contributed by atoms with Gasteiger partial charge < -0.3 is 15.3 Å². The maximum absolute atomic E-state index is 12.7. The van der Waals surface area contributed by atoms with Gasteiger partial charge in [-0.25, -0.2) is 0 Å². The molecule has 2 N–H and O–H groups in total. The van der Waals surface area contributed by atoms with Gasteiger partial charge in [0.2, 0.25) is 5.91 Å². The van der Waals surface area contributed by atoms with Crippen molar-refractivity contribution in [3.05, 3.63) is 29.8 Å². The van der Waals surface area contributed by atoms with Crippen LogP contribution in [0.5, 0.6) is 0 Å². The number of likely N-dealkylation sites (tertiary alicyclic amines) is 1. The summed E-state index contributed by atoms with van der Waals surface area (Å²) in [6, 6.07) is 7.19. The van der Waals surface area contributed by atoms with Crippen molar-refractivity contribution >= 4 is 17.5 Å². The topological polar surface area (TPSA) is 69.6 Å². The van der Waals surface area contributed by atoms with E-state index in [2.05, 4.69) is 5.32 Å². The molecule has 136 valence electrons. The van der Waals surface area contributed by atoms with Gasteiger partial charge in [-0.1, -0.05) is 25.3 Å². The highest BCUT2D eigenvalue weighted by molar-refractivity contribution is 5.97. The van der Waals surface area contributed by atoms with Gasteiger partial charge in [0.1, 0.15) is 0 Å². The van der Waals surface area contributed by atoms with Gasteiger partial charge in [-0.3, -0.25) is 9.59 Å². The van der Waals surface area contributed by atoms with E-state index in [4.69, 9.17) is 0 Å². The van der Waals surface area contributed by atoms with Crippen molar-refractivity contribution in [3.63, 3.8) is 0 Å². The van der Waals surface area contributed by atoms with Crippen LogP contribution in [-0.2, 0) is 4.79 Å². The molecular formula is C20H28N2O3. The number of carbonyl (C=O) groups excluding carboxylic acids is 2. The smallest absolute Gasteiger partial charge is 0.253 e. The predicted octanol–water partition coefficient (Wildman–Crippen LogP) is 3.05. The summed E-state index contributed by atoms with van der Waals surface area (Å²) in [6.07, 6.45) is 5.82. The van der Waals surface area contributed by atoms with E-state index in [1.807, 2.05) is 12.1 Å². The Bertz CT molecular complexity index is 623. The molecule has 0 aromatic heterocycles. The molecule has 25 heavy (non-hydrogen) atoms. The lowest BCUT2D eigenvalue weighted by Gasteiger charge is -2.21. The van der Waals surface area contributed by atoms with Crippen LogP contribution in [0.25, 0.3) is 0 Å². The minimum absolute atomic E-state index is 0.0306. The van der Waals surface area contributed by atoms with E-state index in [1.54, 1.807) is 24.0 Å². The lowest BCUT2D eigenvalue weighted by Crippen LogP contribution is -2.30. The highest BCUT2D eigenvalue weighted by Crippen LogP contribution is 2.26. The van der Waals surface area contributed by atoms with Crippen LogP contribution >= 0.6 is 0 Å². The number of carbonyl (C=O) groups is 2. The lowest BCUT2D eigenvalue weighted by molar-refractivity contribution is -0.120. The fourth-order valence-electron chi connectivity index (χ4n) is 3.89. The number of amides is 2. The van der Waals surface area contributed by atoms with Crippen molar-refractivity contribution in [1.29, 1.82) is 0 Å². The molecule has 1 aromatic rings. The second kappa shape index (κ2) is 8.00. The predicted molar refractivity (Wildman–Crippen MR) is 97.3 cm³/mol. The lowest BCUT2D eigenvalue weighted by atomic mass is 9.88. The molecule has 2 unspecified atom stereocenters. The highest BCUT2D eigenvalue weighted by Gasteiger charge is 2.29. The van der Waals surface area contributed by atoms with E-state index in [-0.39, 0.29) is 29.8 Å². The summed E-state index contributed by atoms with van der Waals surface area (Å²) in [6.45, 7) is 3.04. The van der Waals surface area contributed by atoms with Crippen molar-refractivity contribution in [2.75, 3.05) is 18.4 Å². The first-order valence-electron chi connectivity index (χ1n) is 9.43. The Labute approximate surface area is 149 Å². The molecule has 3 rings (SSSR count). The summed E-state index contributed by atoms with van der Waals surface area (Å²) in [5.74, 6) is 0.285. The number of benzene rings is 1. The van der Waals surface area contributed by atoms with Crippen molar-refractivity contribution in [2.24, 2.45) is 11.8 Å². The molecule has 0 bridgehead atoms. The summed E-state index contributed by atoms with van der Waals surface area (Å²) in [5, 5.41) is 12.7. The Kier molecular flexibility index (Phi) is 5.74. The minimum Gasteiger partial charge on any atom is -0.393 e. The van der Waals surface area contributed by atoms with Gasteiger partial charge >= 0.3 is 0 Å². The van der Waals surface area contributed by atoms with E-state index in [9.17, 15) is 14.7 Å². The average molecular weight is 344 g/mol. The maximum atomic E-state index is 12.7. The summed E-state index contributed by atoms with van der Waals surface area (Å²) in [4.78, 5) is 26.9. The molecule has 1 saturated carbocycles. The number of hydrogen-bond donors (Lipinski definition) is 2. The number of aliphatic hydroxyl groups is 1. The highest BCUT2D eigenvalue weighted by atomic mass is 16.3. The zero-order valence-corrected chi connectivity index (χ0v) is 14.9. The molecule has 1 aromatic carbocycles. The average Bonchev–Trinajstić information content (AvgIpc) is 3.12. The summed E-state index contributed by atoms with van der Waals surface area (Å²) < 4.78 is 0. The third-order valence-electron chi connectivity index (χ3n) is 5.55. The molecule has 2 amide bonds. The van der Waals surface area contributed by atoms with E-state index in [0.29, 0.717) is 24.3 Å². The molecule has 5 nitrogen and oxygen atoms in total. The summed E-state index contributed by atoms with van der Waals surface area (Å²) in [5.41, 5.74) is 1.28. The molecule has 2 fully saturated rings. The molecule has 0 spiro atoms. The van der Waals surface area contributed by atoms with Crippen LogP contribution in [0.4, 0.5) is 5.69 Å². The number of nitrogens with one attached hydrogen (secondary N) is 1. The van der Waals surface area contributed by atoms with Crippen molar-refractivity contribution in [2.45, 2.75) is 51.6 Å². The van der Waals surface area contributed by atoms with Crippen LogP contribution in [0.15, 0.2) is 24.3 Å². The Morgan fingerprint density at radius 1 is 1.20 bits per heavy atom. The largest absolute Gasteiger partial charge is 0.393 e. The zero-order valence-electron chi connectivity index (χ0n) is 14.9. The van der Waals surface area contributed by atoms with Crippen LogP contribution in [0.1, 0.15) is 55.8 Å². The first-order chi connectivity index (χ1) is 12.0. The fourth-order valence-corrected chi connectivity index (χ4v) is 3.89. The molecule has 1 aliphatic carbocycles. The van der Waals surface area contributed by atoms with Crippen LogP contribution in [0.2, 0.25) is 0 Å². The number of nitrogens with zero attached hydrogens (tertiary/aromatic N) is 1. The van der Waals surface area contributed by atoms with E-state index >= 15 is 0 Å². The second-order valence-corrected chi connectivity index (χ2v) is 7.45. The van der Waals surface area contributed by atoms with Gasteiger partial charge in [-0.15, -0.1) is 0 Å². The van der Waals surface area contributed by atoms with Gasteiger partial charge in [0.15, 0.2) is 0 Å². The molecule has 1 heterocycles. The summed E-state index contributed by atoms with van der Waals surface area (Å²) >= 11 is 0. The van der Waals surface area contributed by atoms with Crippen molar-refractivity contribution in [3.8, 4) is 0 Å². The molecule has 1 aliphatic heterocycles. The van der Waals surface area contributed by atoms with Crippen LogP contribution in [-0.4, -0.2) is 41.0 Å². The molecule has 5 heteroatoms. The minimum atomic E-state index is -0.390. The zero-order chi connectivity index (χ0) is 17.8. The number of hydrogen-bond acceptors (Lipinski definition) is 3. The maximum Gasteiger partial charge on any atom is 0.253 e. The monoisotopic (exact) mass is 344 g/mol. The van der Waals surface area contributed by atoms with Gasteiger partial charge in [0.25, 0.3) is 5.91 Å². The third kappa shape index (κ3) is 4.40. The standard InChI is InChI=1S/C20H28N2O3/c1-14(23)17-10-11-22(13-17)20(25)16-8-5-9-18(12-16)21-19(24)15-6-3-2-4-7-15/h5,8-9,12,14-15,17,23H,2-4,6-7,10-11,13H2,1H3,(H,21,24). The van der Waals surface area contributed by atoms with Crippen LogP contribution in [0, 0.1) is 11.8 Å². The first-order valence-corrected chi connectivity index (χ1v) is 9.43. The Morgan fingerprint density at radius 2 is 1.96 bits per heavy atom. The quantitative estimate of drug-likeness (QED) is 0.882. The van der Waals surface area contributed by atoms with Crippen LogP contribution in [0.3, 0.4) is 0 Å². The Balaban J connectivity index is 1.63. The van der Waals surface area contributed by atoms with Crippen molar-refractivity contribution in [1.82, 2.24) is 4.90 Å². The Hall–Kier alpha value is -1.88. The number of aliphatic hydroxyl groups excluding tert-OH is 1. The Morgan fingerprint density at radius 3 is 2.64 bits per heavy atom. The van der Waals surface area contributed by atoms with Gasteiger partial charge in [0, 0.05) is 36.2 Å². The van der Waals surface area contributed by atoms with Crippen LogP contribution < -0.4 is 5.32 Å². The van der Waals surface area contributed by atoms with E-state index < -0.39 is 0 Å². The second-order valence-electron chi connectivity index (χ2n) is 7.45. The van der Waals surface area contributed by atoms with Gasteiger partial charge in [-0.2, -0.15) is 0 Å². The number of rotatable bonds is 4. The van der Waals surface area contributed by atoms with E-state index in [0.717, 1.165) is 32.1 Å². The molecule has 0 radical (unpaired) electrons. The molecule has 2 atom stereocenters. The van der Waals surface area contributed by atoms with Gasteiger partial charge in [-0.05, 0) is 44.4 Å². The normalized spacial score (nSPS) is 22.6. The van der Waals surface area contributed by atoms with E-state index in [1.165, 1.54) is 6.42 Å². The van der Waals surface area contributed by atoms with Gasteiger partial charge in [0.05, 0.1) is 6.10 Å².